The second kappa shape index (κ2) is 9.52. The number of nitrogens with zero attached hydrogens (tertiary/aromatic N) is 2. The lowest BCUT2D eigenvalue weighted by Crippen LogP contribution is -2.54. The van der Waals surface area contributed by atoms with Crippen LogP contribution in [0.15, 0.2) is 47.1 Å². The molecule has 28 heavy (non-hydrogen) atoms. The van der Waals surface area contributed by atoms with Crippen molar-refractivity contribution in [2.75, 3.05) is 40.5 Å². The topological polar surface area (TPSA) is 72.2 Å². The highest BCUT2D eigenvalue weighted by Gasteiger charge is 2.37. The second-order valence-corrected chi connectivity index (χ2v) is 6.71. The van der Waals surface area contributed by atoms with E-state index < -0.39 is 6.04 Å². The number of ether oxygens (including phenoxy) is 2. The van der Waals surface area contributed by atoms with Crippen LogP contribution in [0.1, 0.15) is 21.7 Å². The molecule has 0 saturated heterocycles. The van der Waals surface area contributed by atoms with Crippen LogP contribution >= 0.6 is 0 Å². The first-order valence-electron chi connectivity index (χ1n) is 9.33. The van der Waals surface area contributed by atoms with Crippen molar-refractivity contribution in [3.8, 4) is 0 Å². The monoisotopic (exact) mass is 386 g/mol. The first-order chi connectivity index (χ1) is 13.7. The Hall–Kier alpha value is -2.64. The molecular formula is C21H26N2O5. The molecule has 0 radical (unpaired) electrons. The first-order valence-corrected chi connectivity index (χ1v) is 9.33. The van der Waals surface area contributed by atoms with E-state index in [0.29, 0.717) is 39.3 Å². The van der Waals surface area contributed by atoms with Gasteiger partial charge in [-0.15, -0.1) is 0 Å². The van der Waals surface area contributed by atoms with Gasteiger partial charge in [0.2, 0.25) is 5.91 Å². The van der Waals surface area contributed by atoms with Gasteiger partial charge in [0, 0.05) is 40.3 Å². The molecule has 3 rings (SSSR count). The van der Waals surface area contributed by atoms with Crippen LogP contribution in [0.3, 0.4) is 0 Å². The first kappa shape index (κ1) is 20.1. The van der Waals surface area contributed by atoms with Crippen LogP contribution in [0.5, 0.6) is 0 Å². The summed E-state index contributed by atoms with van der Waals surface area (Å²) in [6.07, 6.45) is 1.93. The Kier molecular flexibility index (Phi) is 6.84. The number of fused-ring (bicyclic) bond motifs is 1. The highest BCUT2D eigenvalue weighted by molar-refractivity contribution is 5.96. The summed E-state index contributed by atoms with van der Waals surface area (Å²) in [5.41, 5.74) is 2.13. The highest BCUT2D eigenvalue weighted by Crippen LogP contribution is 2.26. The maximum atomic E-state index is 13.4. The zero-order valence-electron chi connectivity index (χ0n) is 16.3. The maximum absolute atomic E-state index is 13.4. The number of methoxy groups -OCH3 is 2. The van der Waals surface area contributed by atoms with E-state index in [2.05, 4.69) is 0 Å². The lowest BCUT2D eigenvalue weighted by Gasteiger charge is -2.38. The van der Waals surface area contributed by atoms with Gasteiger partial charge >= 0.3 is 0 Å². The number of carbonyl (C=O) groups excluding carboxylic acids is 2. The van der Waals surface area contributed by atoms with E-state index >= 15 is 0 Å². The average Bonchev–Trinajstić information content (AvgIpc) is 3.27. The molecule has 0 bridgehead atoms. The van der Waals surface area contributed by atoms with Gasteiger partial charge in [-0.05, 0) is 23.3 Å². The minimum Gasteiger partial charge on any atom is -0.459 e. The van der Waals surface area contributed by atoms with Gasteiger partial charge < -0.3 is 23.7 Å². The standard InChI is InChI=1S/C21H26N2O5/c1-26-12-9-22(10-13-27-2)20(24)18-14-16-6-3-4-7-17(16)15-23(18)21(25)19-8-5-11-28-19/h3-8,11,18H,9-10,12-15H2,1-2H3. The third-order valence-corrected chi connectivity index (χ3v) is 4.97. The summed E-state index contributed by atoms with van der Waals surface area (Å²) in [4.78, 5) is 29.8. The van der Waals surface area contributed by atoms with Gasteiger partial charge in [-0.1, -0.05) is 24.3 Å². The number of carbonyl (C=O) groups is 2. The molecule has 0 aliphatic carbocycles. The van der Waals surface area contributed by atoms with E-state index in [1.54, 1.807) is 36.2 Å². The predicted molar refractivity (Wildman–Crippen MR) is 103 cm³/mol. The van der Waals surface area contributed by atoms with Crippen LogP contribution in [-0.4, -0.2) is 68.2 Å². The Bertz CT molecular complexity index is 782. The van der Waals surface area contributed by atoms with E-state index in [1.165, 1.54) is 6.26 Å². The predicted octanol–water partition coefficient (Wildman–Crippen LogP) is 1.97. The third kappa shape index (κ3) is 4.43. The van der Waals surface area contributed by atoms with Crippen LogP contribution in [0, 0.1) is 0 Å². The molecule has 0 N–H and O–H groups in total. The van der Waals surface area contributed by atoms with E-state index in [-0.39, 0.29) is 17.6 Å². The van der Waals surface area contributed by atoms with Crippen molar-refractivity contribution in [2.45, 2.75) is 19.0 Å². The largest absolute Gasteiger partial charge is 0.459 e. The summed E-state index contributed by atoms with van der Waals surface area (Å²) in [6, 6.07) is 10.6. The third-order valence-electron chi connectivity index (χ3n) is 4.97. The number of benzene rings is 1. The summed E-state index contributed by atoms with van der Waals surface area (Å²) >= 11 is 0. The van der Waals surface area contributed by atoms with Crippen LogP contribution in [0.25, 0.3) is 0 Å². The van der Waals surface area contributed by atoms with Gasteiger partial charge in [-0.3, -0.25) is 9.59 Å². The van der Waals surface area contributed by atoms with Gasteiger partial charge in [-0.25, -0.2) is 0 Å². The Morgan fingerprint density at radius 1 is 1.07 bits per heavy atom. The van der Waals surface area contributed by atoms with Gasteiger partial charge in [-0.2, -0.15) is 0 Å². The molecule has 2 heterocycles. The molecule has 7 nitrogen and oxygen atoms in total. The number of hydrogen-bond acceptors (Lipinski definition) is 5. The minimum atomic E-state index is -0.596. The summed E-state index contributed by atoms with van der Waals surface area (Å²) in [7, 11) is 3.20. The van der Waals surface area contributed by atoms with Crippen LogP contribution in [-0.2, 0) is 27.2 Å². The molecule has 0 fully saturated rings. The van der Waals surface area contributed by atoms with E-state index in [9.17, 15) is 9.59 Å². The molecule has 150 valence electrons. The summed E-state index contributed by atoms with van der Waals surface area (Å²) in [5.74, 6) is -0.155. The molecule has 2 amide bonds. The van der Waals surface area contributed by atoms with E-state index in [1.807, 2.05) is 24.3 Å². The molecule has 0 spiro atoms. The van der Waals surface area contributed by atoms with Gasteiger partial charge in [0.15, 0.2) is 5.76 Å². The molecule has 1 atom stereocenters. The molecule has 1 aromatic carbocycles. The fourth-order valence-corrected chi connectivity index (χ4v) is 3.44. The Morgan fingerprint density at radius 2 is 1.75 bits per heavy atom. The lowest BCUT2D eigenvalue weighted by atomic mass is 9.93. The zero-order valence-corrected chi connectivity index (χ0v) is 16.3. The molecule has 0 saturated carbocycles. The van der Waals surface area contributed by atoms with Crippen molar-refractivity contribution in [2.24, 2.45) is 0 Å². The van der Waals surface area contributed by atoms with Gasteiger partial charge in [0.25, 0.3) is 5.91 Å². The van der Waals surface area contributed by atoms with Crippen LogP contribution < -0.4 is 0 Å². The summed E-state index contributed by atoms with van der Waals surface area (Å²) in [6.45, 7) is 2.10. The lowest BCUT2D eigenvalue weighted by molar-refractivity contribution is -0.138. The average molecular weight is 386 g/mol. The minimum absolute atomic E-state index is 0.108. The Labute approximate surface area is 164 Å². The van der Waals surface area contributed by atoms with Crippen molar-refractivity contribution < 1.29 is 23.5 Å². The van der Waals surface area contributed by atoms with Crippen molar-refractivity contribution in [1.82, 2.24) is 9.80 Å². The van der Waals surface area contributed by atoms with Crippen LogP contribution in [0.2, 0.25) is 0 Å². The molecule has 1 aliphatic rings. The Balaban J connectivity index is 1.89. The Morgan fingerprint density at radius 3 is 2.36 bits per heavy atom. The fraction of sp³-hybridized carbons (Fsp3) is 0.429. The summed E-state index contributed by atoms with van der Waals surface area (Å²) < 4.78 is 15.6. The maximum Gasteiger partial charge on any atom is 0.290 e. The number of furan rings is 1. The van der Waals surface area contributed by atoms with Gasteiger partial charge in [0.05, 0.1) is 19.5 Å². The number of amides is 2. The van der Waals surface area contributed by atoms with Crippen molar-refractivity contribution in [3.63, 3.8) is 0 Å². The van der Waals surface area contributed by atoms with Crippen molar-refractivity contribution in [1.29, 1.82) is 0 Å². The normalized spacial score (nSPS) is 15.9. The van der Waals surface area contributed by atoms with Gasteiger partial charge in [0.1, 0.15) is 6.04 Å². The highest BCUT2D eigenvalue weighted by atomic mass is 16.5. The van der Waals surface area contributed by atoms with E-state index in [0.717, 1.165) is 11.1 Å². The zero-order chi connectivity index (χ0) is 19.9. The molecule has 2 aromatic rings. The quantitative estimate of drug-likeness (QED) is 0.694. The van der Waals surface area contributed by atoms with Crippen molar-refractivity contribution in [3.05, 3.63) is 59.5 Å². The van der Waals surface area contributed by atoms with E-state index in [4.69, 9.17) is 13.9 Å². The molecule has 1 aromatic heterocycles. The smallest absolute Gasteiger partial charge is 0.290 e. The second-order valence-electron chi connectivity index (χ2n) is 6.71. The SMILES string of the molecule is COCCN(CCOC)C(=O)C1Cc2ccccc2CN1C(=O)c1ccco1. The summed E-state index contributed by atoms with van der Waals surface area (Å²) in [5, 5.41) is 0. The van der Waals surface area contributed by atoms with Crippen molar-refractivity contribution >= 4 is 11.8 Å². The molecule has 7 heteroatoms. The number of rotatable bonds is 8. The molecular weight excluding hydrogens is 360 g/mol. The van der Waals surface area contributed by atoms with Crippen LogP contribution in [0.4, 0.5) is 0 Å². The molecule has 1 unspecified atom stereocenters. The fourth-order valence-electron chi connectivity index (χ4n) is 3.44. The molecule has 1 aliphatic heterocycles. The number of hydrogen-bond donors (Lipinski definition) is 0.